The van der Waals surface area contributed by atoms with Crippen LogP contribution in [-0.4, -0.2) is 104 Å². The summed E-state index contributed by atoms with van der Waals surface area (Å²) in [4.78, 5) is 29.2. The summed E-state index contributed by atoms with van der Waals surface area (Å²) in [6.07, 6.45) is 3.98. The molecule has 1 aliphatic carbocycles. The fourth-order valence-electron chi connectivity index (χ4n) is 7.10. The van der Waals surface area contributed by atoms with Crippen LogP contribution in [0, 0.1) is 17.8 Å². The molecule has 8 atom stereocenters. The summed E-state index contributed by atoms with van der Waals surface area (Å²) in [5, 5.41) is 2.87. The Morgan fingerprint density at radius 1 is 1.17 bits per heavy atom. The first kappa shape index (κ1) is 25.9. The Hall–Kier alpha value is -1.68. The van der Waals surface area contributed by atoms with Crippen LogP contribution in [-0.2, 0) is 23.7 Å². The molecule has 1 N–H and O–H groups in total. The number of carbonyl (C=O) groups is 2. The Balaban J connectivity index is 1.18. The summed E-state index contributed by atoms with van der Waals surface area (Å²) in [6, 6.07) is 0. The van der Waals surface area contributed by atoms with Crippen molar-refractivity contribution < 1.29 is 28.5 Å². The molecule has 4 heterocycles. The van der Waals surface area contributed by atoms with Gasteiger partial charge >= 0.3 is 6.09 Å². The smallest absolute Gasteiger partial charge is 0.410 e. The highest BCUT2D eigenvalue weighted by molar-refractivity contribution is 5.78. The minimum Gasteiger partial charge on any atom is -0.443 e. The summed E-state index contributed by atoms with van der Waals surface area (Å²) in [7, 11) is 1.71. The van der Waals surface area contributed by atoms with Crippen LogP contribution in [0.15, 0.2) is 11.6 Å². The Labute approximate surface area is 214 Å². The van der Waals surface area contributed by atoms with Crippen molar-refractivity contribution in [2.24, 2.45) is 17.8 Å². The van der Waals surface area contributed by atoms with Gasteiger partial charge < -0.3 is 29.2 Å². The minimum atomic E-state index is -0.341. The van der Waals surface area contributed by atoms with Crippen molar-refractivity contribution in [2.45, 2.75) is 76.5 Å². The second-order valence-corrected chi connectivity index (χ2v) is 11.9. The number of amides is 2. The van der Waals surface area contributed by atoms with Gasteiger partial charge in [-0.3, -0.25) is 9.69 Å². The molecule has 5 rings (SSSR count). The largest absolute Gasteiger partial charge is 0.443 e. The van der Waals surface area contributed by atoms with Gasteiger partial charge in [-0.1, -0.05) is 11.6 Å². The third-order valence-corrected chi connectivity index (χ3v) is 9.05. The van der Waals surface area contributed by atoms with Gasteiger partial charge in [-0.25, -0.2) is 4.79 Å². The number of nitrogens with one attached hydrogen (secondary N) is 1. The van der Waals surface area contributed by atoms with E-state index in [-0.39, 0.29) is 47.4 Å². The van der Waals surface area contributed by atoms with Gasteiger partial charge in [-0.15, -0.1) is 0 Å². The summed E-state index contributed by atoms with van der Waals surface area (Å²) in [5.41, 5.74) is 0.717. The molecule has 1 spiro atoms. The molecule has 0 radical (unpaired) electrons. The molecular weight excluding hydrogens is 462 g/mol. The SMILES string of the molecule is CCNC(=O)CN1C[C@@H]2CN(C(=O)O[C@@H]3CC[C@]4(CO4)[C@@H]([C@@]4(C)O[C@@H]4CC=C(C)C)[C@@H]3OC)C[C@@H]2C1. The molecule has 4 aliphatic heterocycles. The number of hydrogen-bond acceptors (Lipinski definition) is 7. The summed E-state index contributed by atoms with van der Waals surface area (Å²) in [5.74, 6) is 0.877. The van der Waals surface area contributed by atoms with Gasteiger partial charge in [0, 0.05) is 39.8 Å². The van der Waals surface area contributed by atoms with Crippen LogP contribution < -0.4 is 5.32 Å². The lowest BCUT2D eigenvalue weighted by molar-refractivity contribution is -0.122. The van der Waals surface area contributed by atoms with Crippen LogP contribution in [0.2, 0.25) is 0 Å². The first-order valence-electron chi connectivity index (χ1n) is 13.6. The highest BCUT2D eigenvalue weighted by Gasteiger charge is 2.72. The third-order valence-electron chi connectivity index (χ3n) is 9.05. The average Bonchev–Trinajstić information content (AvgIpc) is 3.63. The Morgan fingerprint density at radius 2 is 1.86 bits per heavy atom. The van der Waals surface area contributed by atoms with Gasteiger partial charge in [-0.05, 0) is 58.8 Å². The van der Waals surface area contributed by atoms with Crippen LogP contribution in [0.4, 0.5) is 4.79 Å². The maximum Gasteiger partial charge on any atom is 0.410 e. The van der Waals surface area contributed by atoms with Crippen LogP contribution in [0.5, 0.6) is 0 Å². The first-order valence-corrected chi connectivity index (χ1v) is 13.6. The normalized spacial score (nSPS) is 41.2. The molecule has 4 saturated heterocycles. The zero-order valence-electron chi connectivity index (χ0n) is 22.5. The monoisotopic (exact) mass is 505 g/mol. The van der Waals surface area contributed by atoms with E-state index in [1.165, 1.54) is 5.57 Å². The molecule has 0 aromatic rings. The number of likely N-dealkylation sites (N-methyl/N-ethyl adjacent to an activating group) is 1. The van der Waals surface area contributed by atoms with Crippen molar-refractivity contribution in [3.05, 3.63) is 11.6 Å². The average molecular weight is 506 g/mol. The summed E-state index contributed by atoms with van der Waals surface area (Å²) >= 11 is 0. The standard InChI is InChI=1S/C27H43N3O6/c1-6-28-22(31)15-29-11-18-13-30(14-19(18)12-29)25(32)35-20-9-10-27(16-34-27)24(23(20)33-5)26(4)21(36-26)8-7-17(2)3/h7,18-21,23-24H,6,8-16H2,1-5H3,(H,28,31)/t18-,19+,20-,21-,23-,24-,26+,27+/m1/s1. The molecule has 202 valence electrons. The molecule has 36 heavy (non-hydrogen) atoms. The molecule has 0 unspecified atom stereocenters. The van der Waals surface area contributed by atoms with E-state index >= 15 is 0 Å². The number of carbonyl (C=O) groups excluding carboxylic acids is 2. The van der Waals surface area contributed by atoms with Crippen LogP contribution in [0.25, 0.3) is 0 Å². The van der Waals surface area contributed by atoms with E-state index in [1.807, 2.05) is 11.8 Å². The molecule has 9 nitrogen and oxygen atoms in total. The highest BCUT2D eigenvalue weighted by Crippen LogP contribution is 2.59. The van der Waals surface area contributed by atoms with E-state index < -0.39 is 0 Å². The molecule has 0 bridgehead atoms. The number of nitrogens with zero attached hydrogens (tertiary/aromatic N) is 2. The number of epoxide rings is 2. The van der Waals surface area contributed by atoms with Crippen molar-refractivity contribution in [1.29, 1.82) is 0 Å². The van der Waals surface area contributed by atoms with E-state index in [0.29, 0.717) is 38.0 Å². The van der Waals surface area contributed by atoms with Gasteiger partial charge in [-0.2, -0.15) is 0 Å². The zero-order chi connectivity index (χ0) is 25.7. The van der Waals surface area contributed by atoms with Crippen molar-refractivity contribution in [3.63, 3.8) is 0 Å². The molecule has 2 amide bonds. The topological polar surface area (TPSA) is 96.2 Å². The summed E-state index contributed by atoms with van der Waals surface area (Å²) < 4.78 is 24.5. The lowest BCUT2D eigenvalue weighted by atomic mass is 9.68. The van der Waals surface area contributed by atoms with Crippen molar-refractivity contribution in [3.8, 4) is 0 Å². The Morgan fingerprint density at radius 3 is 2.44 bits per heavy atom. The zero-order valence-corrected chi connectivity index (χ0v) is 22.5. The van der Waals surface area contributed by atoms with E-state index in [1.54, 1.807) is 7.11 Å². The van der Waals surface area contributed by atoms with Gasteiger partial charge in [0.15, 0.2) is 0 Å². The first-order chi connectivity index (χ1) is 17.2. The highest BCUT2D eigenvalue weighted by atomic mass is 16.6. The van der Waals surface area contributed by atoms with E-state index in [4.69, 9.17) is 18.9 Å². The third kappa shape index (κ3) is 4.91. The Kier molecular flexibility index (Phi) is 7.13. The fourth-order valence-corrected chi connectivity index (χ4v) is 7.10. The number of hydrogen-bond donors (Lipinski definition) is 1. The predicted octanol–water partition coefficient (Wildman–Crippen LogP) is 2.20. The van der Waals surface area contributed by atoms with Crippen LogP contribution in [0.1, 0.15) is 47.0 Å². The number of fused-ring (bicyclic) bond motifs is 1. The second kappa shape index (κ2) is 9.89. The second-order valence-electron chi connectivity index (χ2n) is 11.9. The maximum atomic E-state index is 13.2. The Bertz CT molecular complexity index is 873. The number of methoxy groups -OCH3 is 1. The minimum absolute atomic E-state index is 0.0258. The number of ether oxygens (including phenoxy) is 4. The van der Waals surface area contributed by atoms with Gasteiger partial charge in [0.2, 0.25) is 5.91 Å². The van der Waals surface area contributed by atoms with Crippen LogP contribution in [0.3, 0.4) is 0 Å². The lowest BCUT2D eigenvalue weighted by Gasteiger charge is -2.43. The van der Waals surface area contributed by atoms with Crippen molar-refractivity contribution in [2.75, 3.05) is 53.0 Å². The molecular formula is C27H43N3O6. The lowest BCUT2D eigenvalue weighted by Crippen LogP contribution is -2.56. The van der Waals surface area contributed by atoms with E-state index in [2.05, 4.69) is 37.1 Å². The molecule has 1 saturated carbocycles. The number of allylic oxidation sites excluding steroid dienone is 1. The van der Waals surface area contributed by atoms with Crippen LogP contribution >= 0.6 is 0 Å². The van der Waals surface area contributed by atoms with Crippen molar-refractivity contribution >= 4 is 12.0 Å². The molecule has 0 aromatic heterocycles. The number of likely N-dealkylation sites (tertiary alicyclic amines) is 2. The quantitative estimate of drug-likeness (QED) is 0.399. The van der Waals surface area contributed by atoms with E-state index in [9.17, 15) is 9.59 Å². The van der Waals surface area contributed by atoms with Crippen molar-refractivity contribution in [1.82, 2.24) is 15.1 Å². The molecule has 5 fully saturated rings. The fraction of sp³-hybridized carbons (Fsp3) is 0.852. The molecule has 9 heteroatoms. The molecule has 0 aromatic carbocycles. The summed E-state index contributed by atoms with van der Waals surface area (Å²) in [6.45, 7) is 13.2. The molecule has 5 aliphatic rings. The predicted molar refractivity (Wildman–Crippen MR) is 133 cm³/mol. The van der Waals surface area contributed by atoms with E-state index in [0.717, 1.165) is 39.0 Å². The van der Waals surface area contributed by atoms with Gasteiger partial charge in [0.25, 0.3) is 0 Å². The van der Waals surface area contributed by atoms with Gasteiger partial charge in [0.1, 0.15) is 23.4 Å². The number of rotatable bonds is 8. The van der Waals surface area contributed by atoms with Gasteiger partial charge in [0.05, 0.1) is 25.2 Å². The maximum absolute atomic E-state index is 13.2.